The number of anilines is 1. The van der Waals surface area contributed by atoms with Crippen molar-refractivity contribution in [2.45, 2.75) is 13.5 Å². The average Bonchev–Trinajstić information content (AvgIpc) is 2.46. The lowest BCUT2D eigenvalue weighted by atomic mass is 10.1. The summed E-state index contributed by atoms with van der Waals surface area (Å²) in [5, 5.41) is 22.8. The summed E-state index contributed by atoms with van der Waals surface area (Å²) in [7, 11) is 0. The Morgan fingerprint density at radius 2 is 2.19 bits per heavy atom. The summed E-state index contributed by atoms with van der Waals surface area (Å²) in [5.41, 5.74) is 1.71. The standard InChI is InChI=1S/C14H13N3O4/c1-9-3-2-6-15-13(9)8-16-12-7-10(17(20)21)4-5-11(12)14(18)19/h2-7,16H,8H2,1H3,(H,18,19). The number of carbonyl (C=O) groups is 1. The smallest absolute Gasteiger partial charge is 0.337 e. The topological polar surface area (TPSA) is 105 Å². The lowest BCUT2D eigenvalue weighted by Crippen LogP contribution is -2.08. The van der Waals surface area contributed by atoms with Crippen LogP contribution in [0.4, 0.5) is 11.4 Å². The van der Waals surface area contributed by atoms with Crippen LogP contribution in [0.3, 0.4) is 0 Å². The van der Waals surface area contributed by atoms with Crippen molar-refractivity contribution in [3.05, 3.63) is 63.5 Å². The van der Waals surface area contributed by atoms with Gasteiger partial charge in [0.1, 0.15) is 0 Å². The molecule has 2 N–H and O–H groups in total. The Bertz CT molecular complexity index is 700. The van der Waals surface area contributed by atoms with Gasteiger partial charge in [-0.3, -0.25) is 15.1 Å². The number of hydrogen-bond acceptors (Lipinski definition) is 5. The molecule has 2 aromatic rings. The summed E-state index contributed by atoms with van der Waals surface area (Å²) >= 11 is 0. The number of non-ortho nitro benzene ring substituents is 1. The van der Waals surface area contributed by atoms with E-state index in [0.717, 1.165) is 11.3 Å². The van der Waals surface area contributed by atoms with Gasteiger partial charge in [-0.1, -0.05) is 6.07 Å². The molecule has 0 fully saturated rings. The molecule has 1 heterocycles. The third-order valence-corrected chi connectivity index (χ3v) is 3.01. The molecule has 0 saturated heterocycles. The number of nitrogens with zero attached hydrogens (tertiary/aromatic N) is 2. The summed E-state index contributed by atoms with van der Waals surface area (Å²) in [6.07, 6.45) is 1.63. The lowest BCUT2D eigenvalue weighted by Gasteiger charge is -2.10. The second kappa shape index (κ2) is 6.00. The summed E-state index contributed by atoms with van der Waals surface area (Å²) in [4.78, 5) is 25.6. The van der Waals surface area contributed by atoms with E-state index in [9.17, 15) is 14.9 Å². The molecule has 0 bridgehead atoms. The van der Waals surface area contributed by atoms with E-state index in [1.165, 1.54) is 18.2 Å². The van der Waals surface area contributed by atoms with Crippen LogP contribution < -0.4 is 5.32 Å². The molecular formula is C14H13N3O4. The van der Waals surface area contributed by atoms with Gasteiger partial charge in [-0.25, -0.2) is 4.79 Å². The lowest BCUT2D eigenvalue weighted by molar-refractivity contribution is -0.384. The molecular weight excluding hydrogens is 274 g/mol. The van der Waals surface area contributed by atoms with Crippen LogP contribution in [-0.4, -0.2) is 21.0 Å². The quantitative estimate of drug-likeness (QED) is 0.646. The van der Waals surface area contributed by atoms with Crippen molar-refractivity contribution in [3.8, 4) is 0 Å². The van der Waals surface area contributed by atoms with Crippen LogP contribution in [0, 0.1) is 17.0 Å². The number of carboxylic acids is 1. The Morgan fingerprint density at radius 1 is 1.43 bits per heavy atom. The van der Waals surface area contributed by atoms with Crippen molar-refractivity contribution in [2.75, 3.05) is 5.32 Å². The predicted octanol–water partition coefficient (Wildman–Crippen LogP) is 2.61. The second-order valence-electron chi connectivity index (χ2n) is 4.41. The van der Waals surface area contributed by atoms with Crippen LogP contribution in [0.1, 0.15) is 21.6 Å². The number of nitro benzene ring substituents is 1. The zero-order valence-electron chi connectivity index (χ0n) is 11.2. The summed E-state index contributed by atoms with van der Waals surface area (Å²) < 4.78 is 0. The molecule has 0 unspecified atom stereocenters. The molecule has 0 saturated carbocycles. The van der Waals surface area contributed by atoms with Crippen LogP contribution in [0.2, 0.25) is 0 Å². The summed E-state index contributed by atoms with van der Waals surface area (Å²) in [6.45, 7) is 2.17. The third kappa shape index (κ3) is 3.33. The summed E-state index contributed by atoms with van der Waals surface area (Å²) in [5.74, 6) is -1.15. The molecule has 0 aliphatic carbocycles. The zero-order chi connectivity index (χ0) is 15.4. The normalized spacial score (nSPS) is 10.1. The van der Waals surface area contributed by atoms with E-state index in [4.69, 9.17) is 5.11 Å². The van der Waals surface area contributed by atoms with Crippen LogP contribution in [-0.2, 0) is 6.54 Å². The first-order valence-corrected chi connectivity index (χ1v) is 6.15. The fraction of sp³-hybridized carbons (Fsp3) is 0.143. The van der Waals surface area contributed by atoms with E-state index in [1.54, 1.807) is 12.3 Å². The summed E-state index contributed by atoms with van der Waals surface area (Å²) in [6, 6.07) is 7.28. The first-order valence-electron chi connectivity index (χ1n) is 6.15. The van der Waals surface area contributed by atoms with E-state index < -0.39 is 10.9 Å². The molecule has 2 rings (SSSR count). The van der Waals surface area contributed by atoms with Gasteiger partial charge in [0.15, 0.2) is 0 Å². The maximum atomic E-state index is 11.2. The van der Waals surface area contributed by atoms with Crippen molar-refractivity contribution in [3.63, 3.8) is 0 Å². The first-order chi connectivity index (χ1) is 9.99. The van der Waals surface area contributed by atoms with Gasteiger partial charge < -0.3 is 10.4 Å². The van der Waals surface area contributed by atoms with Crippen LogP contribution in [0.5, 0.6) is 0 Å². The fourth-order valence-electron chi connectivity index (χ4n) is 1.86. The fourth-order valence-corrected chi connectivity index (χ4v) is 1.86. The van der Waals surface area contributed by atoms with Crippen molar-refractivity contribution in [1.82, 2.24) is 4.98 Å². The Labute approximate surface area is 120 Å². The number of benzene rings is 1. The molecule has 0 spiro atoms. The molecule has 7 heteroatoms. The Balaban J connectivity index is 2.29. The molecule has 1 aromatic carbocycles. The van der Waals surface area contributed by atoms with Crippen molar-refractivity contribution >= 4 is 17.3 Å². The first kappa shape index (κ1) is 14.4. The SMILES string of the molecule is Cc1cccnc1CNc1cc([N+](=O)[O-])ccc1C(=O)O. The maximum Gasteiger partial charge on any atom is 0.337 e. The Hall–Kier alpha value is -2.96. The van der Waals surface area contributed by atoms with Crippen LogP contribution >= 0.6 is 0 Å². The van der Waals surface area contributed by atoms with Crippen molar-refractivity contribution in [2.24, 2.45) is 0 Å². The van der Waals surface area contributed by atoms with Gasteiger partial charge in [0.2, 0.25) is 0 Å². The van der Waals surface area contributed by atoms with E-state index >= 15 is 0 Å². The predicted molar refractivity (Wildman–Crippen MR) is 76.4 cm³/mol. The Morgan fingerprint density at radius 3 is 2.81 bits per heavy atom. The molecule has 108 valence electrons. The molecule has 21 heavy (non-hydrogen) atoms. The molecule has 0 amide bonds. The number of pyridine rings is 1. The van der Waals surface area contributed by atoms with Crippen LogP contribution in [0.25, 0.3) is 0 Å². The minimum absolute atomic E-state index is 0.0193. The largest absolute Gasteiger partial charge is 0.478 e. The number of hydrogen-bond donors (Lipinski definition) is 2. The van der Waals surface area contributed by atoms with E-state index in [-0.39, 0.29) is 23.5 Å². The minimum atomic E-state index is -1.15. The Kier molecular flexibility index (Phi) is 4.13. The van der Waals surface area contributed by atoms with Crippen molar-refractivity contribution < 1.29 is 14.8 Å². The minimum Gasteiger partial charge on any atom is -0.478 e. The van der Waals surface area contributed by atoms with Gasteiger partial charge in [0.25, 0.3) is 5.69 Å². The highest BCUT2D eigenvalue weighted by molar-refractivity contribution is 5.94. The molecule has 1 aromatic heterocycles. The zero-order valence-corrected chi connectivity index (χ0v) is 11.2. The molecule has 7 nitrogen and oxygen atoms in total. The number of nitro groups is 1. The number of aryl methyl sites for hydroxylation is 1. The maximum absolute atomic E-state index is 11.2. The van der Waals surface area contributed by atoms with Gasteiger partial charge >= 0.3 is 5.97 Å². The van der Waals surface area contributed by atoms with Crippen LogP contribution in [0.15, 0.2) is 36.5 Å². The molecule has 0 radical (unpaired) electrons. The molecule has 0 aliphatic heterocycles. The van der Waals surface area contributed by atoms with E-state index in [2.05, 4.69) is 10.3 Å². The third-order valence-electron chi connectivity index (χ3n) is 3.01. The van der Waals surface area contributed by atoms with Gasteiger partial charge in [-0.2, -0.15) is 0 Å². The molecule has 0 aliphatic rings. The van der Waals surface area contributed by atoms with Gasteiger partial charge in [-0.15, -0.1) is 0 Å². The van der Waals surface area contributed by atoms with Gasteiger partial charge in [-0.05, 0) is 24.6 Å². The highest BCUT2D eigenvalue weighted by Crippen LogP contribution is 2.23. The highest BCUT2D eigenvalue weighted by Gasteiger charge is 2.15. The number of aromatic carboxylic acids is 1. The van der Waals surface area contributed by atoms with E-state index in [1.807, 2.05) is 13.0 Å². The number of nitrogens with one attached hydrogen (secondary N) is 1. The average molecular weight is 287 g/mol. The van der Waals surface area contributed by atoms with E-state index in [0.29, 0.717) is 0 Å². The van der Waals surface area contributed by atoms with Gasteiger partial charge in [0, 0.05) is 18.3 Å². The highest BCUT2D eigenvalue weighted by atomic mass is 16.6. The monoisotopic (exact) mass is 287 g/mol. The number of aromatic nitrogens is 1. The number of carboxylic acid groups (broad SMARTS) is 1. The van der Waals surface area contributed by atoms with Crippen molar-refractivity contribution in [1.29, 1.82) is 0 Å². The number of rotatable bonds is 5. The molecule has 0 atom stereocenters. The second-order valence-corrected chi connectivity index (χ2v) is 4.41. The van der Waals surface area contributed by atoms with Gasteiger partial charge in [0.05, 0.1) is 28.4 Å².